The minimum atomic E-state index is -0.245. The average Bonchev–Trinajstić information content (AvgIpc) is 3.09. The molecule has 0 aromatic carbocycles. The van der Waals surface area contributed by atoms with Crippen LogP contribution in [-0.2, 0) is 0 Å². The predicted molar refractivity (Wildman–Crippen MR) is 85.7 cm³/mol. The summed E-state index contributed by atoms with van der Waals surface area (Å²) < 4.78 is 1.49. The van der Waals surface area contributed by atoms with Crippen molar-refractivity contribution in [2.45, 2.75) is 0 Å². The molecule has 0 bridgehead atoms. The zero-order valence-corrected chi connectivity index (χ0v) is 12.7. The average molecular weight is 309 g/mol. The van der Waals surface area contributed by atoms with E-state index < -0.39 is 0 Å². The summed E-state index contributed by atoms with van der Waals surface area (Å²) in [4.78, 5) is 26.6. The van der Waals surface area contributed by atoms with Crippen LogP contribution in [0.1, 0.15) is 10.4 Å². The van der Waals surface area contributed by atoms with Gasteiger partial charge in [0.15, 0.2) is 5.82 Å². The van der Waals surface area contributed by atoms with Gasteiger partial charge in [0.1, 0.15) is 18.5 Å². The Morgan fingerprint density at radius 3 is 2.83 bits per heavy atom. The summed E-state index contributed by atoms with van der Waals surface area (Å²) in [6.45, 7) is 0. The Morgan fingerprint density at radius 2 is 2.09 bits per heavy atom. The topological polar surface area (TPSA) is 88.8 Å². The van der Waals surface area contributed by atoms with Crippen LogP contribution in [0.15, 0.2) is 49.3 Å². The maximum atomic E-state index is 12.5. The number of carbonyl (C=O) groups excluding carboxylic acids is 1. The molecule has 0 aliphatic heterocycles. The van der Waals surface area contributed by atoms with E-state index in [1.165, 1.54) is 17.3 Å². The van der Waals surface area contributed by atoms with Crippen molar-refractivity contribution < 1.29 is 4.79 Å². The largest absolute Gasteiger partial charge is 0.363 e. The molecule has 0 unspecified atom stereocenters. The third-order valence-corrected chi connectivity index (χ3v) is 3.14. The highest BCUT2D eigenvalue weighted by Gasteiger charge is 2.12. The number of rotatable bonds is 4. The number of hydrogen-bond donors (Lipinski definition) is 1. The lowest BCUT2D eigenvalue weighted by Crippen LogP contribution is -2.16. The SMILES string of the molecule is CN(C)c1cc(C(=O)Nc2cccnc2-n2cncn2)ccn1. The number of nitrogens with zero attached hydrogens (tertiary/aromatic N) is 6. The molecule has 0 spiro atoms. The maximum absolute atomic E-state index is 12.5. The second-order valence-electron chi connectivity index (χ2n) is 4.97. The van der Waals surface area contributed by atoms with Crippen molar-refractivity contribution in [1.29, 1.82) is 0 Å². The predicted octanol–water partition coefficient (Wildman–Crippen LogP) is 1.38. The van der Waals surface area contributed by atoms with Crippen LogP contribution in [0.5, 0.6) is 0 Å². The van der Waals surface area contributed by atoms with Gasteiger partial charge in [0.2, 0.25) is 0 Å². The molecule has 1 N–H and O–H groups in total. The smallest absolute Gasteiger partial charge is 0.255 e. The minimum Gasteiger partial charge on any atom is -0.363 e. The first kappa shape index (κ1) is 14.6. The Morgan fingerprint density at radius 1 is 1.22 bits per heavy atom. The van der Waals surface area contributed by atoms with E-state index in [2.05, 4.69) is 25.4 Å². The highest BCUT2D eigenvalue weighted by atomic mass is 16.1. The number of amides is 1. The molecule has 0 atom stereocenters. The highest BCUT2D eigenvalue weighted by Crippen LogP contribution is 2.18. The van der Waals surface area contributed by atoms with Crippen molar-refractivity contribution in [3.8, 4) is 5.82 Å². The Hall–Kier alpha value is -3.29. The Labute approximate surface area is 132 Å². The number of nitrogens with one attached hydrogen (secondary N) is 1. The summed E-state index contributed by atoms with van der Waals surface area (Å²) in [5.74, 6) is 0.963. The molecule has 8 nitrogen and oxygen atoms in total. The molecule has 0 aliphatic carbocycles. The molecule has 3 aromatic rings. The Kier molecular flexibility index (Phi) is 3.96. The summed E-state index contributed by atoms with van der Waals surface area (Å²) in [6.07, 6.45) is 6.16. The second kappa shape index (κ2) is 6.22. The standard InChI is InChI=1S/C15H15N7O/c1-21(2)13-8-11(5-7-17-13)15(23)20-12-4-3-6-18-14(12)22-10-16-9-19-22/h3-10H,1-2H3,(H,20,23). The molecule has 1 amide bonds. The fourth-order valence-electron chi connectivity index (χ4n) is 1.99. The van der Waals surface area contributed by atoms with Gasteiger partial charge in [-0.25, -0.2) is 19.6 Å². The van der Waals surface area contributed by atoms with Crippen LogP contribution in [-0.4, -0.2) is 44.7 Å². The summed E-state index contributed by atoms with van der Waals surface area (Å²) in [6, 6.07) is 6.89. The van der Waals surface area contributed by atoms with Crippen molar-refractivity contribution >= 4 is 17.4 Å². The van der Waals surface area contributed by atoms with E-state index in [0.29, 0.717) is 22.9 Å². The van der Waals surface area contributed by atoms with Gasteiger partial charge in [0.25, 0.3) is 5.91 Å². The summed E-state index contributed by atoms with van der Waals surface area (Å²) in [5.41, 5.74) is 1.06. The number of anilines is 2. The van der Waals surface area contributed by atoms with Gasteiger partial charge < -0.3 is 10.2 Å². The molecule has 0 aliphatic rings. The maximum Gasteiger partial charge on any atom is 0.255 e. The Bertz CT molecular complexity index is 814. The third kappa shape index (κ3) is 3.15. The van der Waals surface area contributed by atoms with E-state index in [1.54, 1.807) is 36.7 Å². The van der Waals surface area contributed by atoms with Crippen molar-refractivity contribution in [2.75, 3.05) is 24.3 Å². The van der Waals surface area contributed by atoms with Crippen LogP contribution in [0.4, 0.5) is 11.5 Å². The molecular formula is C15H15N7O. The lowest BCUT2D eigenvalue weighted by Gasteiger charge is -2.13. The van der Waals surface area contributed by atoms with Crippen LogP contribution in [0.25, 0.3) is 5.82 Å². The normalized spacial score (nSPS) is 10.3. The van der Waals surface area contributed by atoms with Gasteiger partial charge in [-0.3, -0.25) is 4.79 Å². The fourth-order valence-corrected chi connectivity index (χ4v) is 1.99. The molecule has 0 radical (unpaired) electrons. The first-order chi connectivity index (χ1) is 11.1. The zero-order valence-electron chi connectivity index (χ0n) is 12.7. The molecule has 8 heteroatoms. The van der Waals surface area contributed by atoms with E-state index in [0.717, 1.165) is 0 Å². The summed E-state index contributed by atoms with van der Waals surface area (Å²) in [7, 11) is 3.74. The van der Waals surface area contributed by atoms with E-state index in [4.69, 9.17) is 0 Å². The number of pyridine rings is 2. The van der Waals surface area contributed by atoms with E-state index >= 15 is 0 Å². The van der Waals surface area contributed by atoms with Crippen LogP contribution in [0.2, 0.25) is 0 Å². The van der Waals surface area contributed by atoms with Gasteiger partial charge in [-0.1, -0.05) is 0 Å². The third-order valence-electron chi connectivity index (χ3n) is 3.14. The molecule has 0 saturated carbocycles. The van der Waals surface area contributed by atoms with Gasteiger partial charge >= 0.3 is 0 Å². The minimum absolute atomic E-state index is 0.245. The molecule has 116 valence electrons. The first-order valence-electron chi connectivity index (χ1n) is 6.90. The van der Waals surface area contributed by atoms with Gasteiger partial charge in [-0.15, -0.1) is 0 Å². The van der Waals surface area contributed by atoms with Crippen molar-refractivity contribution in [1.82, 2.24) is 24.7 Å². The van der Waals surface area contributed by atoms with Crippen LogP contribution in [0, 0.1) is 0 Å². The molecule has 3 aromatic heterocycles. The summed E-state index contributed by atoms with van der Waals surface area (Å²) in [5, 5.41) is 6.88. The van der Waals surface area contributed by atoms with E-state index in [-0.39, 0.29) is 5.91 Å². The lowest BCUT2D eigenvalue weighted by atomic mass is 10.2. The highest BCUT2D eigenvalue weighted by molar-refractivity contribution is 6.05. The van der Waals surface area contributed by atoms with Gasteiger partial charge in [-0.05, 0) is 24.3 Å². The molecule has 3 heterocycles. The molecule has 3 rings (SSSR count). The van der Waals surface area contributed by atoms with Crippen molar-refractivity contribution in [3.63, 3.8) is 0 Å². The first-order valence-corrected chi connectivity index (χ1v) is 6.90. The number of carbonyl (C=O) groups is 1. The van der Waals surface area contributed by atoms with Gasteiger partial charge in [0.05, 0.1) is 5.69 Å². The van der Waals surface area contributed by atoms with Crippen LogP contribution < -0.4 is 10.2 Å². The fraction of sp³-hybridized carbons (Fsp3) is 0.133. The molecule has 0 fully saturated rings. The lowest BCUT2D eigenvalue weighted by molar-refractivity contribution is 0.102. The monoisotopic (exact) mass is 309 g/mol. The Balaban J connectivity index is 1.88. The van der Waals surface area contributed by atoms with E-state index in [9.17, 15) is 4.79 Å². The molecule has 0 saturated heterocycles. The quantitative estimate of drug-likeness (QED) is 0.783. The number of hydrogen-bond acceptors (Lipinski definition) is 6. The van der Waals surface area contributed by atoms with Crippen molar-refractivity contribution in [3.05, 3.63) is 54.9 Å². The van der Waals surface area contributed by atoms with Gasteiger partial charge in [0, 0.05) is 32.1 Å². The summed E-state index contributed by atoms with van der Waals surface area (Å²) >= 11 is 0. The van der Waals surface area contributed by atoms with Crippen LogP contribution in [0.3, 0.4) is 0 Å². The van der Waals surface area contributed by atoms with E-state index in [1.807, 2.05) is 19.0 Å². The second-order valence-corrected chi connectivity index (χ2v) is 4.97. The van der Waals surface area contributed by atoms with Gasteiger partial charge in [-0.2, -0.15) is 5.10 Å². The van der Waals surface area contributed by atoms with Crippen LogP contribution >= 0.6 is 0 Å². The molecule has 23 heavy (non-hydrogen) atoms. The molecular weight excluding hydrogens is 294 g/mol. The number of aromatic nitrogens is 5. The van der Waals surface area contributed by atoms with Crippen molar-refractivity contribution in [2.24, 2.45) is 0 Å². The zero-order chi connectivity index (χ0) is 16.2.